The summed E-state index contributed by atoms with van der Waals surface area (Å²) < 4.78 is 1.85. The smallest absolute Gasteiger partial charge is 0.215 e. The zero-order chi connectivity index (χ0) is 12.2. The van der Waals surface area contributed by atoms with Crippen molar-refractivity contribution in [1.29, 1.82) is 0 Å². The van der Waals surface area contributed by atoms with Gasteiger partial charge in [0.05, 0.1) is 10.6 Å². The highest BCUT2D eigenvalue weighted by Gasteiger charge is 2.36. The quantitative estimate of drug-likeness (QED) is 0.761. The Hall–Kier alpha value is -1.30. The normalized spacial score (nSPS) is 21.9. The molecule has 0 bridgehead atoms. The van der Waals surface area contributed by atoms with Crippen LogP contribution in [0, 0.1) is 12.3 Å². The van der Waals surface area contributed by atoms with Gasteiger partial charge in [0.15, 0.2) is 5.78 Å². The van der Waals surface area contributed by atoms with Gasteiger partial charge in [-0.15, -0.1) is 10.2 Å². The number of fused-ring (bicyclic) bond motifs is 1. The van der Waals surface area contributed by atoms with E-state index in [1.807, 2.05) is 11.6 Å². The lowest BCUT2D eigenvalue weighted by atomic mass is 9.79. The molecule has 0 fully saturated rings. The number of aryl methyl sites for hydroxylation is 1. The van der Waals surface area contributed by atoms with Crippen molar-refractivity contribution in [3.05, 3.63) is 16.4 Å². The Morgan fingerprint density at radius 1 is 1.35 bits per heavy atom. The Kier molecular flexibility index (Phi) is 2.13. The molecule has 3 rings (SSSR count). The van der Waals surface area contributed by atoms with E-state index >= 15 is 0 Å². The van der Waals surface area contributed by atoms with Crippen LogP contribution < -0.4 is 5.43 Å². The molecule has 2 heterocycles. The summed E-state index contributed by atoms with van der Waals surface area (Å²) >= 11 is 1.43. The number of nitrogens with one attached hydrogen (secondary N) is 1. The minimum Gasteiger partial charge on any atom is -0.294 e. The van der Waals surface area contributed by atoms with Gasteiger partial charge in [0.25, 0.3) is 0 Å². The lowest BCUT2D eigenvalue weighted by Crippen LogP contribution is -2.33. The van der Waals surface area contributed by atoms with Gasteiger partial charge >= 0.3 is 0 Å². The first-order valence-electron chi connectivity index (χ1n) is 5.59. The summed E-state index contributed by atoms with van der Waals surface area (Å²) in [4.78, 5) is 12.9. The van der Waals surface area contributed by atoms with Crippen LogP contribution >= 0.6 is 11.8 Å². The fourth-order valence-electron chi connectivity index (χ4n) is 2.28. The molecule has 0 saturated carbocycles. The fourth-order valence-corrected chi connectivity index (χ4v) is 3.24. The number of ketones is 1. The summed E-state index contributed by atoms with van der Waals surface area (Å²) in [5, 5.41) is 8.80. The molecule has 0 saturated heterocycles. The van der Waals surface area contributed by atoms with Crippen molar-refractivity contribution in [2.45, 2.75) is 38.8 Å². The lowest BCUT2D eigenvalue weighted by molar-refractivity contribution is -0.117. The van der Waals surface area contributed by atoms with Crippen LogP contribution in [0.3, 0.4) is 0 Å². The number of rotatable bonds is 0. The van der Waals surface area contributed by atoms with E-state index in [0.29, 0.717) is 6.42 Å². The average molecular weight is 250 g/mol. The number of carbonyl (C=O) groups is 1. The zero-order valence-electron chi connectivity index (χ0n) is 10.1. The Morgan fingerprint density at radius 3 is 2.88 bits per heavy atom. The van der Waals surface area contributed by atoms with Crippen LogP contribution in [0.15, 0.2) is 15.8 Å². The third-order valence-electron chi connectivity index (χ3n) is 3.06. The van der Waals surface area contributed by atoms with Gasteiger partial charge in [-0.25, -0.2) is 4.68 Å². The van der Waals surface area contributed by atoms with Crippen LogP contribution in [-0.2, 0) is 4.79 Å². The van der Waals surface area contributed by atoms with Crippen LogP contribution in [0.5, 0.6) is 0 Å². The summed E-state index contributed by atoms with van der Waals surface area (Å²) in [6.45, 7) is 6.14. The Labute approximate surface area is 104 Å². The van der Waals surface area contributed by atoms with Crippen molar-refractivity contribution >= 4 is 17.5 Å². The summed E-state index contributed by atoms with van der Waals surface area (Å²) in [6, 6.07) is 0. The number of hydrogen-bond acceptors (Lipinski definition) is 5. The molecule has 0 spiro atoms. The van der Waals surface area contributed by atoms with Crippen molar-refractivity contribution in [1.82, 2.24) is 14.9 Å². The van der Waals surface area contributed by atoms with E-state index in [9.17, 15) is 4.79 Å². The Bertz CT molecular complexity index is 544. The summed E-state index contributed by atoms with van der Waals surface area (Å²) in [5.74, 6) is 1.02. The fraction of sp³-hybridized carbons (Fsp3) is 0.545. The molecule has 1 aromatic heterocycles. The average Bonchev–Trinajstić information content (AvgIpc) is 2.57. The van der Waals surface area contributed by atoms with Crippen LogP contribution in [0.1, 0.15) is 32.5 Å². The summed E-state index contributed by atoms with van der Waals surface area (Å²) in [5.41, 5.74) is 4.30. The number of carbonyl (C=O) groups excluding carboxylic acids is 1. The van der Waals surface area contributed by atoms with E-state index in [-0.39, 0.29) is 11.2 Å². The van der Waals surface area contributed by atoms with Gasteiger partial charge in [-0.1, -0.05) is 13.8 Å². The van der Waals surface area contributed by atoms with Crippen LogP contribution in [0.2, 0.25) is 0 Å². The molecule has 1 aliphatic heterocycles. The van der Waals surface area contributed by atoms with Crippen molar-refractivity contribution in [3.63, 3.8) is 0 Å². The molecule has 0 unspecified atom stereocenters. The minimum absolute atomic E-state index is 0.0306. The molecule has 0 amide bonds. The largest absolute Gasteiger partial charge is 0.294 e. The molecule has 1 aliphatic carbocycles. The van der Waals surface area contributed by atoms with E-state index in [1.165, 1.54) is 11.8 Å². The van der Waals surface area contributed by atoms with Crippen LogP contribution in [0.4, 0.5) is 0 Å². The molecular weight excluding hydrogens is 236 g/mol. The molecule has 1 aromatic rings. The van der Waals surface area contributed by atoms with Gasteiger partial charge in [0, 0.05) is 6.42 Å². The molecule has 1 N–H and O–H groups in total. The van der Waals surface area contributed by atoms with E-state index in [4.69, 9.17) is 0 Å². The monoisotopic (exact) mass is 250 g/mol. The number of allylic oxidation sites excluding steroid dienone is 2. The molecule has 6 heteroatoms. The lowest BCUT2D eigenvalue weighted by Gasteiger charge is -2.34. The molecule has 0 atom stereocenters. The molecular formula is C11H14N4OS. The maximum absolute atomic E-state index is 12.1. The second-order valence-corrected chi connectivity index (χ2v) is 6.31. The van der Waals surface area contributed by atoms with Gasteiger partial charge < -0.3 is 0 Å². The maximum atomic E-state index is 12.1. The molecule has 17 heavy (non-hydrogen) atoms. The van der Waals surface area contributed by atoms with Crippen molar-refractivity contribution in [2.75, 3.05) is 5.43 Å². The number of thioether (sulfide) groups is 1. The van der Waals surface area contributed by atoms with E-state index in [1.54, 1.807) is 0 Å². The minimum atomic E-state index is 0.0306. The van der Waals surface area contributed by atoms with Gasteiger partial charge in [0.2, 0.25) is 5.16 Å². The highest BCUT2D eigenvalue weighted by Crippen LogP contribution is 2.43. The number of aromatic nitrogens is 3. The predicted molar refractivity (Wildman–Crippen MR) is 65.0 cm³/mol. The van der Waals surface area contributed by atoms with Crippen molar-refractivity contribution in [3.8, 4) is 0 Å². The highest BCUT2D eigenvalue weighted by atomic mass is 32.2. The summed E-state index contributed by atoms with van der Waals surface area (Å²) in [7, 11) is 0. The predicted octanol–water partition coefficient (Wildman–Crippen LogP) is 1.84. The van der Waals surface area contributed by atoms with Gasteiger partial charge in [-0.2, -0.15) is 0 Å². The van der Waals surface area contributed by atoms with E-state index in [2.05, 4.69) is 29.5 Å². The topological polar surface area (TPSA) is 59.8 Å². The molecule has 0 aromatic carbocycles. The van der Waals surface area contributed by atoms with Gasteiger partial charge in [-0.05, 0) is 30.5 Å². The zero-order valence-corrected chi connectivity index (χ0v) is 10.9. The second kappa shape index (κ2) is 3.35. The first-order valence-corrected chi connectivity index (χ1v) is 6.41. The maximum Gasteiger partial charge on any atom is 0.215 e. The standard InChI is InChI=1S/C11H14N4OS/c1-6-12-13-10-15(6)14-7-4-11(2,3)5-8(16)9(7)17-10/h14H,4-5H2,1-3H3. The highest BCUT2D eigenvalue weighted by molar-refractivity contribution is 8.04. The summed E-state index contributed by atoms with van der Waals surface area (Å²) in [6.07, 6.45) is 1.49. The first-order chi connectivity index (χ1) is 7.96. The molecule has 0 radical (unpaired) electrons. The van der Waals surface area contributed by atoms with Crippen molar-refractivity contribution < 1.29 is 4.79 Å². The SMILES string of the molecule is Cc1nnc2n1NC1=C(S2)C(=O)CC(C)(C)C1. The van der Waals surface area contributed by atoms with Gasteiger partial charge in [0.1, 0.15) is 5.82 Å². The van der Waals surface area contributed by atoms with Gasteiger partial charge in [-0.3, -0.25) is 10.2 Å². The molecule has 5 nitrogen and oxygen atoms in total. The number of Topliss-reactive ketones (excluding diaryl/α,β-unsaturated/α-hetero) is 1. The molecule has 2 aliphatic rings. The van der Waals surface area contributed by atoms with E-state index in [0.717, 1.165) is 28.0 Å². The van der Waals surface area contributed by atoms with Crippen LogP contribution in [-0.4, -0.2) is 20.7 Å². The van der Waals surface area contributed by atoms with Crippen molar-refractivity contribution in [2.24, 2.45) is 5.41 Å². The van der Waals surface area contributed by atoms with Crippen LogP contribution in [0.25, 0.3) is 0 Å². The second-order valence-electron chi connectivity index (χ2n) is 5.33. The number of hydrogen-bond donors (Lipinski definition) is 1. The molecule has 90 valence electrons. The Balaban J connectivity index is 2.03. The third-order valence-corrected chi connectivity index (χ3v) is 4.18. The number of nitrogens with zero attached hydrogens (tertiary/aromatic N) is 3. The third kappa shape index (κ3) is 1.67. The first kappa shape index (κ1) is 10.8. The Morgan fingerprint density at radius 2 is 2.12 bits per heavy atom. The van der Waals surface area contributed by atoms with E-state index < -0.39 is 0 Å².